The van der Waals surface area contributed by atoms with E-state index >= 15 is 0 Å². The molecule has 126 valence electrons. The third-order valence-corrected chi connectivity index (χ3v) is 4.67. The number of nitrogens with zero attached hydrogens (tertiary/aromatic N) is 2. The number of pyridine rings is 1. The van der Waals surface area contributed by atoms with E-state index < -0.39 is 0 Å². The number of ether oxygens (including phenoxy) is 1. The van der Waals surface area contributed by atoms with Crippen LogP contribution in [-0.2, 0) is 0 Å². The van der Waals surface area contributed by atoms with Gasteiger partial charge in [-0.25, -0.2) is 0 Å². The van der Waals surface area contributed by atoms with E-state index in [1.807, 2.05) is 24.1 Å². The summed E-state index contributed by atoms with van der Waals surface area (Å²) in [5, 5.41) is 0. The number of aromatic nitrogens is 1. The Bertz CT molecular complexity index is 584. The Balaban J connectivity index is 1.83. The highest BCUT2D eigenvalue weighted by Gasteiger charge is 2.31. The first-order valence-electron chi connectivity index (χ1n) is 8.85. The third-order valence-electron chi connectivity index (χ3n) is 4.67. The van der Waals surface area contributed by atoms with Crippen LogP contribution in [0.5, 0.6) is 5.75 Å². The van der Waals surface area contributed by atoms with Gasteiger partial charge >= 0.3 is 0 Å². The molecule has 0 aliphatic heterocycles. The summed E-state index contributed by atoms with van der Waals surface area (Å²) in [5.41, 5.74) is 1.47. The number of hydrogen-bond donors (Lipinski definition) is 0. The lowest BCUT2D eigenvalue weighted by Gasteiger charge is -2.34. The highest BCUT2D eigenvalue weighted by atomic mass is 16.5. The van der Waals surface area contributed by atoms with E-state index in [2.05, 4.69) is 25.8 Å². The van der Waals surface area contributed by atoms with Crippen molar-refractivity contribution in [3.63, 3.8) is 0 Å². The van der Waals surface area contributed by atoms with Crippen molar-refractivity contribution in [1.29, 1.82) is 0 Å². The zero-order valence-corrected chi connectivity index (χ0v) is 14.8. The van der Waals surface area contributed by atoms with Crippen molar-refractivity contribution < 1.29 is 9.53 Å². The van der Waals surface area contributed by atoms with Gasteiger partial charge in [-0.2, -0.15) is 0 Å². The van der Waals surface area contributed by atoms with Crippen molar-refractivity contribution in [3.8, 4) is 5.75 Å². The Hall–Kier alpha value is -1.58. The fraction of sp³-hybridized carbons (Fsp3) is 0.684. The lowest BCUT2D eigenvalue weighted by Crippen LogP contribution is -2.45. The molecule has 2 saturated carbocycles. The van der Waals surface area contributed by atoms with Crippen LogP contribution in [0.2, 0.25) is 0 Å². The van der Waals surface area contributed by atoms with E-state index in [9.17, 15) is 4.79 Å². The van der Waals surface area contributed by atoms with E-state index in [4.69, 9.17) is 4.74 Å². The first kappa shape index (κ1) is 16.3. The minimum atomic E-state index is -0.211. The van der Waals surface area contributed by atoms with Crippen LogP contribution < -0.4 is 4.74 Å². The average Bonchev–Trinajstić information content (AvgIpc) is 3.37. The molecule has 0 unspecified atom stereocenters. The van der Waals surface area contributed by atoms with Gasteiger partial charge < -0.3 is 9.64 Å². The average molecular weight is 316 g/mol. The Morgan fingerprint density at radius 1 is 1.30 bits per heavy atom. The van der Waals surface area contributed by atoms with Crippen LogP contribution in [0.15, 0.2) is 12.3 Å². The molecule has 0 saturated heterocycles. The summed E-state index contributed by atoms with van der Waals surface area (Å²) in [6.07, 6.45) is 6.81. The summed E-state index contributed by atoms with van der Waals surface area (Å²) < 4.78 is 6.04. The van der Waals surface area contributed by atoms with Gasteiger partial charge in [-0.15, -0.1) is 0 Å². The van der Waals surface area contributed by atoms with E-state index in [-0.39, 0.29) is 11.4 Å². The minimum absolute atomic E-state index is 0.0152. The maximum atomic E-state index is 12.8. The Morgan fingerprint density at radius 3 is 2.52 bits per heavy atom. The fourth-order valence-corrected chi connectivity index (χ4v) is 2.94. The quantitative estimate of drug-likeness (QED) is 0.796. The summed E-state index contributed by atoms with van der Waals surface area (Å²) in [5.74, 6) is 2.14. The number of hydrogen-bond acceptors (Lipinski definition) is 3. The molecule has 1 heterocycles. The van der Waals surface area contributed by atoms with Gasteiger partial charge in [0.25, 0.3) is 5.91 Å². The number of amides is 1. The van der Waals surface area contributed by atoms with Gasteiger partial charge in [0.2, 0.25) is 0 Å². The second-order valence-corrected chi connectivity index (χ2v) is 7.86. The highest BCUT2D eigenvalue weighted by Crippen LogP contribution is 2.44. The molecule has 0 bridgehead atoms. The number of carbonyl (C=O) groups excluding carboxylic acids is 1. The van der Waals surface area contributed by atoms with E-state index in [1.165, 1.54) is 31.2 Å². The second-order valence-electron chi connectivity index (χ2n) is 7.86. The van der Waals surface area contributed by atoms with Gasteiger partial charge in [-0.3, -0.25) is 9.78 Å². The van der Waals surface area contributed by atoms with Crippen molar-refractivity contribution in [2.24, 2.45) is 5.92 Å². The summed E-state index contributed by atoms with van der Waals surface area (Å²) in [7, 11) is 0. The first-order chi connectivity index (χ1) is 10.9. The monoisotopic (exact) mass is 316 g/mol. The molecule has 0 N–H and O–H groups in total. The molecular weight excluding hydrogens is 288 g/mol. The van der Waals surface area contributed by atoms with Crippen LogP contribution >= 0.6 is 0 Å². The molecule has 4 nitrogen and oxygen atoms in total. The van der Waals surface area contributed by atoms with Crippen LogP contribution in [0.4, 0.5) is 0 Å². The largest absolute Gasteiger partial charge is 0.493 e. The molecule has 0 aromatic carbocycles. The molecule has 1 amide bonds. The lowest BCUT2D eigenvalue weighted by atomic mass is 10.0. The Kier molecular flexibility index (Phi) is 4.35. The topological polar surface area (TPSA) is 42.4 Å². The van der Waals surface area contributed by atoms with Crippen molar-refractivity contribution in [2.75, 3.05) is 13.2 Å². The highest BCUT2D eigenvalue weighted by molar-refractivity contribution is 5.93. The lowest BCUT2D eigenvalue weighted by molar-refractivity contribution is 0.0592. The van der Waals surface area contributed by atoms with Crippen LogP contribution in [0.3, 0.4) is 0 Å². The molecule has 2 aliphatic rings. The predicted octanol–water partition coefficient (Wildman–Crippen LogP) is 4.01. The summed E-state index contributed by atoms with van der Waals surface area (Å²) >= 11 is 0. The summed E-state index contributed by atoms with van der Waals surface area (Å²) in [4.78, 5) is 19.1. The molecule has 0 radical (unpaired) electrons. The zero-order chi connectivity index (χ0) is 16.6. The SMILES string of the molecule is CCN(C(=O)c1cc(OCC2CC2)c(C2CC2)cn1)C(C)(C)C. The Labute approximate surface area is 139 Å². The molecule has 2 aliphatic carbocycles. The van der Waals surface area contributed by atoms with Gasteiger partial charge in [0.15, 0.2) is 0 Å². The Morgan fingerprint density at radius 2 is 2.00 bits per heavy atom. The van der Waals surface area contributed by atoms with Crippen LogP contribution in [0, 0.1) is 5.92 Å². The molecule has 23 heavy (non-hydrogen) atoms. The van der Waals surface area contributed by atoms with Gasteiger partial charge in [0, 0.05) is 29.9 Å². The van der Waals surface area contributed by atoms with Crippen molar-refractivity contribution in [2.45, 2.75) is 64.8 Å². The third kappa shape index (κ3) is 3.85. The van der Waals surface area contributed by atoms with E-state index in [0.29, 0.717) is 24.1 Å². The molecule has 1 aromatic heterocycles. The minimum Gasteiger partial charge on any atom is -0.493 e. The number of rotatable bonds is 6. The molecule has 0 spiro atoms. The van der Waals surface area contributed by atoms with Gasteiger partial charge in [0.05, 0.1) is 6.61 Å². The zero-order valence-electron chi connectivity index (χ0n) is 14.8. The molecule has 0 atom stereocenters. The molecule has 2 fully saturated rings. The summed E-state index contributed by atoms with van der Waals surface area (Å²) in [6.45, 7) is 9.61. The fourth-order valence-electron chi connectivity index (χ4n) is 2.94. The van der Waals surface area contributed by atoms with Crippen molar-refractivity contribution in [1.82, 2.24) is 9.88 Å². The molecule has 1 aromatic rings. The molecule has 3 rings (SSSR count). The number of carbonyl (C=O) groups is 1. The predicted molar refractivity (Wildman–Crippen MR) is 90.9 cm³/mol. The van der Waals surface area contributed by atoms with E-state index in [0.717, 1.165) is 12.4 Å². The molecular formula is C19H28N2O2. The standard InChI is InChI=1S/C19H28N2O2/c1-5-21(19(2,3)4)18(22)16-10-17(23-12-13-6-7-13)15(11-20-16)14-8-9-14/h10-11,13-14H,5-9,12H2,1-4H3. The smallest absolute Gasteiger partial charge is 0.273 e. The first-order valence-corrected chi connectivity index (χ1v) is 8.85. The van der Waals surface area contributed by atoms with Crippen molar-refractivity contribution in [3.05, 3.63) is 23.5 Å². The van der Waals surface area contributed by atoms with Gasteiger partial charge in [0.1, 0.15) is 11.4 Å². The van der Waals surface area contributed by atoms with Gasteiger partial charge in [-0.05, 0) is 65.2 Å². The maximum Gasteiger partial charge on any atom is 0.273 e. The van der Waals surface area contributed by atoms with Crippen LogP contribution in [-0.4, -0.2) is 34.5 Å². The maximum absolute atomic E-state index is 12.8. The van der Waals surface area contributed by atoms with E-state index in [1.54, 1.807) is 0 Å². The molecule has 4 heteroatoms. The van der Waals surface area contributed by atoms with Crippen LogP contribution in [0.1, 0.15) is 75.3 Å². The van der Waals surface area contributed by atoms with Crippen molar-refractivity contribution >= 4 is 5.91 Å². The summed E-state index contributed by atoms with van der Waals surface area (Å²) in [6, 6.07) is 1.87. The second kappa shape index (κ2) is 6.14. The van der Waals surface area contributed by atoms with Crippen LogP contribution in [0.25, 0.3) is 0 Å². The van der Waals surface area contributed by atoms with Gasteiger partial charge in [-0.1, -0.05) is 0 Å². The normalized spacial score (nSPS) is 17.9.